The lowest BCUT2D eigenvalue weighted by Gasteiger charge is -2.14. The molecule has 0 rings (SSSR count). The molecular formula is C8H16F3NO. The minimum atomic E-state index is -4.50. The van der Waals surface area contributed by atoms with Crippen LogP contribution in [0.25, 0.3) is 0 Å². The van der Waals surface area contributed by atoms with E-state index in [1.54, 1.807) is 0 Å². The number of aliphatic hydroxyl groups excluding tert-OH is 1. The van der Waals surface area contributed by atoms with Gasteiger partial charge in [0.1, 0.15) is 0 Å². The van der Waals surface area contributed by atoms with Gasteiger partial charge in [0.2, 0.25) is 0 Å². The first kappa shape index (κ1) is 12.7. The van der Waals surface area contributed by atoms with Crippen molar-refractivity contribution in [1.29, 1.82) is 0 Å². The highest BCUT2D eigenvalue weighted by Crippen LogP contribution is 2.19. The van der Waals surface area contributed by atoms with E-state index in [1.807, 2.05) is 6.92 Å². The fourth-order valence-corrected chi connectivity index (χ4v) is 0.855. The third-order valence-corrected chi connectivity index (χ3v) is 1.67. The van der Waals surface area contributed by atoms with Crippen LogP contribution in [0.15, 0.2) is 0 Å². The second-order valence-corrected chi connectivity index (χ2v) is 2.97. The van der Waals surface area contributed by atoms with Gasteiger partial charge >= 0.3 is 6.18 Å². The number of halogens is 3. The van der Waals surface area contributed by atoms with Crippen LogP contribution in [-0.4, -0.2) is 30.5 Å². The van der Waals surface area contributed by atoms with Gasteiger partial charge in [-0.2, -0.15) is 13.2 Å². The van der Waals surface area contributed by atoms with Gasteiger partial charge in [-0.25, -0.2) is 0 Å². The molecule has 0 bridgehead atoms. The lowest BCUT2D eigenvalue weighted by atomic mass is 10.2. The second-order valence-electron chi connectivity index (χ2n) is 2.97. The summed E-state index contributed by atoms with van der Waals surface area (Å²) in [4.78, 5) is 0. The van der Waals surface area contributed by atoms with Crippen molar-refractivity contribution in [2.45, 2.75) is 38.5 Å². The summed E-state index contributed by atoms with van der Waals surface area (Å²) in [5.41, 5.74) is 0. The summed E-state index contributed by atoms with van der Waals surface area (Å²) in [6.45, 7) is 2.14. The van der Waals surface area contributed by atoms with Crippen molar-refractivity contribution in [3.8, 4) is 0 Å². The van der Waals surface area contributed by atoms with Crippen LogP contribution in [0.2, 0.25) is 0 Å². The van der Waals surface area contributed by atoms with E-state index in [0.29, 0.717) is 6.54 Å². The molecule has 13 heavy (non-hydrogen) atoms. The summed E-state index contributed by atoms with van der Waals surface area (Å²) in [5, 5.41) is 11.1. The van der Waals surface area contributed by atoms with Gasteiger partial charge in [-0.05, 0) is 13.0 Å². The molecule has 0 aromatic rings. The van der Waals surface area contributed by atoms with Crippen molar-refractivity contribution in [2.75, 3.05) is 13.1 Å². The molecule has 0 fully saturated rings. The largest absolute Gasteiger partial charge is 0.415 e. The van der Waals surface area contributed by atoms with Crippen molar-refractivity contribution < 1.29 is 18.3 Å². The predicted octanol–water partition coefficient (Wildman–Crippen LogP) is 1.69. The minimum absolute atomic E-state index is 0.410. The van der Waals surface area contributed by atoms with Crippen LogP contribution < -0.4 is 5.32 Å². The maximum atomic E-state index is 11.7. The van der Waals surface area contributed by atoms with Gasteiger partial charge in [0.25, 0.3) is 0 Å². The fourth-order valence-electron chi connectivity index (χ4n) is 0.855. The molecule has 0 aromatic carbocycles. The Kier molecular flexibility index (Phi) is 6.07. The van der Waals surface area contributed by atoms with Crippen molar-refractivity contribution in [1.82, 2.24) is 5.32 Å². The van der Waals surface area contributed by atoms with E-state index < -0.39 is 18.8 Å². The maximum absolute atomic E-state index is 11.7. The highest BCUT2D eigenvalue weighted by molar-refractivity contribution is 4.67. The molecule has 0 saturated heterocycles. The normalized spacial score (nSPS) is 14.5. The monoisotopic (exact) mass is 199 g/mol. The average molecular weight is 199 g/mol. The minimum Gasteiger partial charge on any atom is -0.382 e. The van der Waals surface area contributed by atoms with Crippen LogP contribution >= 0.6 is 0 Å². The lowest BCUT2D eigenvalue weighted by Crippen LogP contribution is -2.38. The molecule has 0 heterocycles. The molecule has 80 valence electrons. The topological polar surface area (TPSA) is 32.3 Å². The highest BCUT2D eigenvalue weighted by atomic mass is 19.4. The molecule has 0 aromatic heterocycles. The molecule has 0 radical (unpaired) electrons. The Morgan fingerprint density at radius 3 is 2.38 bits per heavy atom. The van der Waals surface area contributed by atoms with Gasteiger partial charge in [-0.1, -0.05) is 19.8 Å². The Morgan fingerprint density at radius 2 is 1.92 bits per heavy atom. The first-order chi connectivity index (χ1) is 5.98. The van der Waals surface area contributed by atoms with Crippen LogP contribution in [0.4, 0.5) is 13.2 Å². The zero-order valence-corrected chi connectivity index (χ0v) is 7.69. The Labute approximate surface area is 76.1 Å². The summed E-state index contributed by atoms with van der Waals surface area (Å²) in [7, 11) is 0. The van der Waals surface area contributed by atoms with Crippen LogP contribution in [0.3, 0.4) is 0 Å². The highest BCUT2D eigenvalue weighted by Gasteiger charge is 2.37. The van der Waals surface area contributed by atoms with E-state index in [9.17, 15) is 13.2 Å². The van der Waals surface area contributed by atoms with Crippen LogP contribution in [-0.2, 0) is 0 Å². The fraction of sp³-hybridized carbons (Fsp3) is 1.00. The molecular weight excluding hydrogens is 183 g/mol. The summed E-state index contributed by atoms with van der Waals surface area (Å²) < 4.78 is 35.2. The van der Waals surface area contributed by atoms with Gasteiger partial charge < -0.3 is 10.4 Å². The standard InChI is InChI=1S/C8H16F3NO/c1-2-3-4-5-12-6-7(13)8(9,10)11/h7,12-13H,2-6H2,1H3. The molecule has 5 heteroatoms. The maximum Gasteiger partial charge on any atom is 0.415 e. The quantitative estimate of drug-likeness (QED) is 0.638. The third kappa shape index (κ3) is 6.83. The first-order valence-electron chi connectivity index (χ1n) is 4.44. The second kappa shape index (κ2) is 6.21. The van der Waals surface area contributed by atoms with Crippen molar-refractivity contribution in [2.24, 2.45) is 0 Å². The predicted molar refractivity (Wildman–Crippen MR) is 44.5 cm³/mol. The van der Waals surface area contributed by atoms with Gasteiger partial charge in [0.05, 0.1) is 0 Å². The average Bonchev–Trinajstić information content (AvgIpc) is 2.02. The SMILES string of the molecule is CCCCCNCC(O)C(F)(F)F. The number of hydrogen-bond acceptors (Lipinski definition) is 2. The molecule has 0 aliphatic carbocycles. The molecule has 0 amide bonds. The number of hydrogen-bond donors (Lipinski definition) is 2. The zero-order valence-electron chi connectivity index (χ0n) is 7.69. The lowest BCUT2D eigenvalue weighted by molar-refractivity contribution is -0.201. The molecule has 2 N–H and O–H groups in total. The molecule has 0 aliphatic heterocycles. The molecule has 1 atom stereocenters. The number of rotatable bonds is 6. The van der Waals surface area contributed by atoms with E-state index in [-0.39, 0.29) is 0 Å². The molecule has 0 spiro atoms. The van der Waals surface area contributed by atoms with Crippen LogP contribution in [0.1, 0.15) is 26.2 Å². The first-order valence-corrected chi connectivity index (χ1v) is 4.44. The summed E-state index contributed by atoms with van der Waals surface area (Å²) in [5.74, 6) is 0. The Bertz CT molecular complexity index is 127. The van der Waals surface area contributed by atoms with E-state index in [1.165, 1.54) is 0 Å². The van der Waals surface area contributed by atoms with E-state index >= 15 is 0 Å². The van der Waals surface area contributed by atoms with Crippen molar-refractivity contribution in [3.05, 3.63) is 0 Å². The molecule has 0 aliphatic rings. The number of unbranched alkanes of at least 4 members (excludes halogenated alkanes) is 2. The van der Waals surface area contributed by atoms with Crippen LogP contribution in [0, 0.1) is 0 Å². The molecule has 1 unspecified atom stereocenters. The van der Waals surface area contributed by atoms with Gasteiger partial charge in [-0.15, -0.1) is 0 Å². The third-order valence-electron chi connectivity index (χ3n) is 1.67. The van der Waals surface area contributed by atoms with Gasteiger partial charge in [-0.3, -0.25) is 0 Å². The molecule has 2 nitrogen and oxygen atoms in total. The summed E-state index contributed by atoms with van der Waals surface area (Å²) >= 11 is 0. The van der Waals surface area contributed by atoms with Gasteiger partial charge in [0, 0.05) is 6.54 Å². The number of nitrogens with one attached hydrogen (secondary N) is 1. The van der Waals surface area contributed by atoms with E-state index in [2.05, 4.69) is 5.32 Å². The number of aliphatic hydroxyl groups is 1. The Hall–Kier alpha value is -0.290. The van der Waals surface area contributed by atoms with Crippen LogP contribution in [0.5, 0.6) is 0 Å². The van der Waals surface area contributed by atoms with Gasteiger partial charge in [0.15, 0.2) is 6.10 Å². The Morgan fingerprint density at radius 1 is 1.31 bits per heavy atom. The smallest absolute Gasteiger partial charge is 0.382 e. The molecule has 0 saturated carbocycles. The zero-order chi connectivity index (χ0) is 10.3. The summed E-state index contributed by atoms with van der Waals surface area (Å²) in [6.07, 6.45) is -3.87. The number of alkyl halides is 3. The van der Waals surface area contributed by atoms with Crippen molar-refractivity contribution >= 4 is 0 Å². The van der Waals surface area contributed by atoms with E-state index in [0.717, 1.165) is 19.3 Å². The van der Waals surface area contributed by atoms with Crippen molar-refractivity contribution in [3.63, 3.8) is 0 Å². The van der Waals surface area contributed by atoms with E-state index in [4.69, 9.17) is 5.11 Å². The Balaban J connectivity index is 3.32. The summed E-state index contributed by atoms with van der Waals surface area (Å²) in [6, 6.07) is 0.